The van der Waals surface area contributed by atoms with Gasteiger partial charge in [-0.1, -0.05) is 74.3 Å². The van der Waals surface area contributed by atoms with Gasteiger partial charge in [0.25, 0.3) is 0 Å². The van der Waals surface area contributed by atoms with Crippen LogP contribution in [0.15, 0.2) is 63.5 Å². The standard InChI is InChI=1S/C18H15Br2N/c1-11-10-12(6-8-16(11)19)18(21)15-7-9-17(20)14-5-3-2-4-13(14)15/h2-10,18H,21H2,1H3. The van der Waals surface area contributed by atoms with Crippen molar-refractivity contribution in [3.8, 4) is 0 Å². The van der Waals surface area contributed by atoms with E-state index in [0.29, 0.717) is 0 Å². The van der Waals surface area contributed by atoms with E-state index in [4.69, 9.17) is 5.73 Å². The predicted molar refractivity (Wildman–Crippen MR) is 96.6 cm³/mol. The van der Waals surface area contributed by atoms with Gasteiger partial charge in [0.2, 0.25) is 0 Å². The van der Waals surface area contributed by atoms with E-state index in [1.54, 1.807) is 0 Å². The first-order chi connectivity index (χ1) is 10.1. The lowest BCUT2D eigenvalue weighted by Crippen LogP contribution is -2.12. The van der Waals surface area contributed by atoms with Gasteiger partial charge in [0, 0.05) is 8.95 Å². The maximum Gasteiger partial charge on any atom is 0.0557 e. The molecule has 0 amide bonds. The second kappa shape index (κ2) is 5.91. The van der Waals surface area contributed by atoms with Crippen LogP contribution in [0.2, 0.25) is 0 Å². The van der Waals surface area contributed by atoms with E-state index < -0.39 is 0 Å². The molecule has 1 nitrogen and oxygen atoms in total. The maximum atomic E-state index is 6.52. The first kappa shape index (κ1) is 14.8. The molecule has 0 radical (unpaired) electrons. The van der Waals surface area contributed by atoms with E-state index >= 15 is 0 Å². The number of aryl methyl sites for hydroxylation is 1. The fraction of sp³-hybridized carbons (Fsp3) is 0.111. The Balaban J connectivity index is 2.15. The Bertz CT molecular complexity index is 811. The van der Waals surface area contributed by atoms with Gasteiger partial charge in [-0.25, -0.2) is 0 Å². The zero-order valence-corrected chi connectivity index (χ0v) is 14.8. The van der Waals surface area contributed by atoms with Crippen LogP contribution in [0.1, 0.15) is 22.7 Å². The third-order valence-corrected chi connectivity index (χ3v) is 5.36. The van der Waals surface area contributed by atoms with Crippen LogP contribution >= 0.6 is 31.9 Å². The van der Waals surface area contributed by atoms with Crippen LogP contribution in [0, 0.1) is 6.92 Å². The number of hydrogen-bond acceptors (Lipinski definition) is 1. The number of halogens is 2. The van der Waals surface area contributed by atoms with Crippen molar-refractivity contribution in [1.29, 1.82) is 0 Å². The minimum atomic E-state index is -0.130. The Morgan fingerprint density at radius 1 is 0.857 bits per heavy atom. The Hall–Kier alpha value is -1.16. The molecule has 0 bridgehead atoms. The highest BCUT2D eigenvalue weighted by Crippen LogP contribution is 2.32. The van der Waals surface area contributed by atoms with Gasteiger partial charge in [-0.05, 0) is 46.5 Å². The summed E-state index contributed by atoms with van der Waals surface area (Å²) in [5.41, 5.74) is 10.00. The number of hydrogen-bond donors (Lipinski definition) is 1. The van der Waals surface area contributed by atoms with Crippen LogP contribution in [0.3, 0.4) is 0 Å². The summed E-state index contributed by atoms with van der Waals surface area (Å²) >= 11 is 7.15. The fourth-order valence-corrected chi connectivity index (χ4v) is 3.32. The minimum Gasteiger partial charge on any atom is -0.320 e. The molecule has 0 saturated carbocycles. The number of benzene rings is 3. The predicted octanol–water partition coefficient (Wildman–Crippen LogP) is 5.72. The second-order valence-electron chi connectivity index (χ2n) is 5.17. The Morgan fingerprint density at radius 3 is 2.24 bits per heavy atom. The highest BCUT2D eigenvalue weighted by molar-refractivity contribution is 9.11. The molecule has 1 unspecified atom stereocenters. The van der Waals surface area contributed by atoms with E-state index in [1.165, 1.54) is 16.3 Å². The monoisotopic (exact) mass is 403 g/mol. The van der Waals surface area contributed by atoms with Crippen molar-refractivity contribution in [1.82, 2.24) is 0 Å². The van der Waals surface area contributed by atoms with Crippen LogP contribution < -0.4 is 5.73 Å². The van der Waals surface area contributed by atoms with E-state index in [1.807, 2.05) is 6.07 Å². The Labute approximate surface area is 141 Å². The van der Waals surface area contributed by atoms with Gasteiger partial charge < -0.3 is 5.73 Å². The number of fused-ring (bicyclic) bond motifs is 1. The largest absolute Gasteiger partial charge is 0.320 e. The van der Waals surface area contributed by atoms with Crippen LogP contribution in [0.25, 0.3) is 10.8 Å². The molecule has 3 rings (SSSR count). The van der Waals surface area contributed by atoms with E-state index in [2.05, 4.69) is 87.3 Å². The Morgan fingerprint density at radius 2 is 1.52 bits per heavy atom. The molecule has 0 aromatic heterocycles. The van der Waals surface area contributed by atoms with E-state index in [-0.39, 0.29) is 6.04 Å². The molecule has 0 heterocycles. The van der Waals surface area contributed by atoms with E-state index in [9.17, 15) is 0 Å². The molecule has 0 spiro atoms. The van der Waals surface area contributed by atoms with Crippen LogP contribution in [0.5, 0.6) is 0 Å². The quantitative estimate of drug-likeness (QED) is 0.580. The smallest absolute Gasteiger partial charge is 0.0557 e. The van der Waals surface area contributed by atoms with Crippen molar-refractivity contribution in [3.05, 3.63) is 80.2 Å². The molecule has 0 aliphatic heterocycles. The highest BCUT2D eigenvalue weighted by atomic mass is 79.9. The van der Waals surface area contributed by atoms with Gasteiger partial charge in [-0.3, -0.25) is 0 Å². The lowest BCUT2D eigenvalue weighted by Gasteiger charge is -2.17. The zero-order valence-electron chi connectivity index (χ0n) is 11.6. The third-order valence-electron chi connectivity index (χ3n) is 3.78. The summed E-state index contributed by atoms with van der Waals surface area (Å²) in [4.78, 5) is 0. The van der Waals surface area contributed by atoms with Crippen molar-refractivity contribution in [2.24, 2.45) is 5.73 Å². The lowest BCUT2D eigenvalue weighted by molar-refractivity contribution is 0.878. The van der Waals surface area contributed by atoms with Crippen molar-refractivity contribution in [2.75, 3.05) is 0 Å². The first-order valence-corrected chi connectivity index (χ1v) is 8.35. The molecule has 0 saturated heterocycles. The van der Waals surface area contributed by atoms with Gasteiger partial charge in [0.1, 0.15) is 0 Å². The molecule has 0 fully saturated rings. The zero-order chi connectivity index (χ0) is 15.0. The number of rotatable bonds is 2. The second-order valence-corrected chi connectivity index (χ2v) is 6.88. The molecular formula is C18H15Br2N. The minimum absolute atomic E-state index is 0.130. The summed E-state index contributed by atoms with van der Waals surface area (Å²) in [5, 5.41) is 2.39. The van der Waals surface area contributed by atoms with Crippen molar-refractivity contribution < 1.29 is 0 Å². The normalized spacial score (nSPS) is 12.6. The maximum absolute atomic E-state index is 6.52. The lowest BCUT2D eigenvalue weighted by atomic mass is 9.94. The van der Waals surface area contributed by atoms with Crippen molar-refractivity contribution in [3.63, 3.8) is 0 Å². The van der Waals surface area contributed by atoms with Crippen LogP contribution in [-0.4, -0.2) is 0 Å². The summed E-state index contributed by atoms with van der Waals surface area (Å²) in [6.07, 6.45) is 0. The Kier molecular flexibility index (Phi) is 4.16. The first-order valence-electron chi connectivity index (χ1n) is 6.76. The highest BCUT2D eigenvalue weighted by Gasteiger charge is 2.14. The fourth-order valence-electron chi connectivity index (χ4n) is 2.60. The summed E-state index contributed by atoms with van der Waals surface area (Å²) in [6.45, 7) is 2.08. The SMILES string of the molecule is Cc1cc(C(N)c2ccc(Br)c3ccccc23)ccc1Br. The molecule has 3 aromatic rings. The van der Waals surface area contributed by atoms with Gasteiger partial charge in [-0.2, -0.15) is 0 Å². The van der Waals surface area contributed by atoms with Gasteiger partial charge >= 0.3 is 0 Å². The van der Waals surface area contributed by atoms with Crippen molar-refractivity contribution in [2.45, 2.75) is 13.0 Å². The summed E-state index contributed by atoms with van der Waals surface area (Å²) < 4.78 is 2.21. The molecule has 106 valence electrons. The third kappa shape index (κ3) is 2.78. The van der Waals surface area contributed by atoms with Crippen LogP contribution in [-0.2, 0) is 0 Å². The number of nitrogens with two attached hydrogens (primary N) is 1. The van der Waals surface area contributed by atoms with Gasteiger partial charge in [0.15, 0.2) is 0 Å². The van der Waals surface area contributed by atoms with E-state index in [0.717, 1.165) is 20.1 Å². The summed E-state index contributed by atoms with van der Waals surface area (Å²) in [6, 6.07) is 18.7. The molecule has 1 atom stereocenters. The molecule has 0 aliphatic carbocycles. The molecule has 2 N–H and O–H groups in total. The molecule has 3 aromatic carbocycles. The molecule has 21 heavy (non-hydrogen) atoms. The van der Waals surface area contributed by atoms with Crippen LogP contribution in [0.4, 0.5) is 0 Å². The van der Waals surface area contributed by atoms with Gasteiger partial charge in [0.05, 0.1) is 6.04 Å². The molecule has 3 heteroatoms. The average molecular weight is 405 g/mol. The summed E-state index contributed by atoms with van der Waals surface area (Å²) in [5.74, 6) is 0. The molecule has 0 aliphatic rings. The molecular weight excluding hydrogens is 390 g/mol. The van der Waals surface area contributed by atoms with Gasteiger partial charge in [-0.15, -0.1) is 0 Å². The topological polar surface area (TPSA) is 26.0 Å². The summed E-state index contributed by atoms with van der Waals surface area (Å²) in [7, 11) is 0. The average Bonchev–Trinajstić information content (AvgIpc) is 2.50. The van der Waals surface area contributed by atoms with Crippen molar-refractivity contribution >= 4 is 42.6 Å².